The summed E-state index contributed by atoms with van der Waals surface area (Å²) < 4.78 is 0. The van der Waals surface area contributed by atoms with Crippen LogP contribution in [0.3, 0.4) is 0 Å². The molecule has 0 atom stereocenters. The first kappa shape index (κ1) is 16.4. The molecule has 0 aromatic carbocycles. The van der Waals surface area contributed by atoms with Crippen LogP contribution >= 0.6 is 11.8 Å². The molecule has 1 aliphatic rings. The second kappa shape index (κ2) is 9.25. The minimum Gasteiger partial charge on any atom is -0.302 e. The molecule has 0 aromatic heterocycles. The fraction of sp³-hybridized carbons (Fsp3) is 1.00. The van der Waals surface area contributed by atoms with Crippen LogP contribution in [0.2, 0.25) is 0 Å². The van der Waals surface area contributed by atoms with Gasteiger partial charge in [0.1, 0.15) is 0 Å². The van der Waals surface area contributed by atoms with Crippen molar-refractivity contribution in [3.8, 4) is 0 Å². The van der Waals surface area contributed by atoms with E-state index in [-0.39, 0.29) is 0 Å². The number of hydrogen-bond donors (Lipinski definition) is 0. The Morgan fingerprint density at radius 2 is 1.39 bits per heavy atom. The number of rotatable bonds is 8. The molecule has 1 nitrogen and oxygen atoms in total. The van der Waals surface area contributed by atoms with Gasteiger partial charge in [0.05, 0.1) is 0 Å². The molecule has 0 aliphatic carbocycles. The van der Waals surface area contributed by atoms with E-state index in [0.29, 0.717) is 5.41 Å². The van der Waals surface area contributed by atoms with Gasteiger partial charge in [-0.2, -0.15) is 11.8 Å². The van der Waals surface area contributed by atoms with E-state index in [9.17, 15) is 0 Å². The molecule has 1 saturated heterocycles. The van der Waals surface area contributed by atoms with E-state index >= 15 is 0 Å². The fourth-order valence-electron chi connectivity index (χ4n) is 2.52. The zero-order valence-corrected chi connectivity index (χ0v) is 13.7. The van der Waals surface area contributed by atoms with Gasteiger partial charge < -0.3 is 4.90 Å². The highest BCUT2D eigenvalue weighted by Gasteiger charge is 2.10. The SMILES string of the molecule is CC(C)(C)CCCCCCCCN1CCSCC1. The maximum Gasteiger partial charge on any atom is 0.00727 e. The van der Waals surface area contributed by atoms with Crippen molar-refractivity contribution >= 4 is 11.8 Å². The smallest absolute Gasteiger partial charge is 0.00727 e. The second-order valence-electron chi connectivity index (χ2n) is 6.89. The van der Waals surface area contributed by atoms with Gasteiger partial charge in [-0.25, -0.2) is 0 Å². The Kier molecular flexibility index (Phi) is 8.41. The molecular weight excluding hydrogens is 238 g/mol. The second-order valence-corrected chi connectivity index (χ2v) is 8.11. The van der Waals surface area contributed by atoms with Crippen LogP contribution in [0.15, 0.2) is 0 Å². The lowest BCUT2D eigenvalue weighted by molar-refractivity contribution is 0.293. The predicted molar refractivity (Wildman–Crippen MR) is 85.5 cm³/mol. The Labute approximate surface area is 119 Å². The highest BCUT2D eigenvalue weighted by atomic mass is 32.2. The predicted octanol–water partition coefficient (Wildman–Crippen LogP) is 4.81. The monoisotopic (exact) mass is 271 g/mol. The first-order chi connectivity index (χ1) is 8.58. The third kappa shape index (κ3) is 9.27. The van der Waals surface area contributed by atoms with E-state index in [1.54, 1.807) is 0 Å². The van der Waals surface area contributed by atoms with Crippen LogP contribution in [0.1, 0.15) is 65.7 Å². The molecule has 1 rings (SSSR count). The van der Waals surface area contributed by atoms with Crippen LogP contribution in [0.4, 0.5) is 0 Å². The highest BCUT2D eigenvalue weighted by molar-refractivity contribution is 7.99. The molecule has 1 heterocycles. The van der Waals surface area contributed by atoms with Crippen LogP contribution in [-0.4, -0.2) is 36.0 Å². The molecule has 1 aliphatic heterocycles. The summed E-state index contributed by atoms with van der Waals surface area (Å²) in [4.78, 5) is 2.65. The molecule has 0 unspecified atom stereocenters. The molecule has 0 spiro atoms. The van der Waals surface area contributed by atoms with E-state index in [1.807, 2.05) is 0 Å². The van der Waals surface area contributed by atoms with Gasteiger partial charge in [0, 0.05) is 24.6 Å². The summed E-state index contributed by atoms with van der Waals surface area (Å²) in [5, 5.41) is 0. The molecule has 108 valence electrons. The van der Waals surface area contributed by atoms with Gasteiger partial charge in [-0.05, 0) is 24.8 Å². The molecule has 0 amide bonds. The maximum atomic E-state index is 2.65. The third-order valence-corrected chi connectivity index (χ3v) is 4.70. The maximum absolute atomic E-state index is 2.65. The Bertz CT molecular complexity index is 192. The molecule has 0 N–H and O–H groups in total. The van der Waals surface area contributed by atoms with Crippen LogP contribution in [0, 0.1) is 5.41 Å². The lowest BCUT2D eigenvalue weighted by atomic mass is 9.89. The molecular formula is C16H33NS. The highest BCUT2D eigenvalue weighted by Crippen LogP contribution is 2.22. The van der Waals surface area contributed by atoms with Gasteiger partial charge in [-0.3, -0.25) is 0 Å². The lowest BCUT2D eigenvalue weighted by Gasteiger charge is -2.25. The van der Waals surface area contributed by atoms with Gasteiger partial charge in [-0.1, -0.05) is 52.9 Å². The van der Waals surface area contributed by atoms with E-state index in [1.165, 1.54) is 76.1 Å². The van der Waals surface area contributed by atoms with E-state index in [0.717, 1.165) is 0 Å². The van der Waals surface area contributed by atoms with E-state index in [2.05, 4.69) is 37.4 Å². The quantitative estimate of drug-likeness (QED) is 0.583. The Morgan fingerprint density at radius 3 is 2.00 bits per heavy atom. The van der Waals surface area contributed by atoms with Crippen molar-refractivity contribution < 1.29 is 0 Å². The van der Waals surface area contributed by atoms with E-state index in [4.69, 9.17) is 0 Å². The molecule has 0 bridgehead atoms. The fourth-order valence-corrected chi connectivity index (χ4v) is 3.50. The van der Waals surface area contributed by atoms with Gasteiger partial charge in [0.15, 0.2) is 0 Å². The van der Waals surface area contributed by atoms with Crippen LogP contribution in [0.25, 0.3) is 0 Å². The minimum absolute atomic E-state index is 0.534. The number of unbranched alkanes of at least 4 members (excludes halogenated alkanes) is 5. The molecule has 0 aromatic rings. The van der Waals surface area contributed by atoms with Crippen LogP contribution in [0.5, 0.6) is 0 Å². The number of thioether (sulfide) groups is 1. The largest absolute Gasteiger partial charge is 0.302 e. The van der Waals surface area contributed by atoms with Crippen molar-refractivity contribution in [1.29, 1.82) is 0 Å². The summed E-state index contributed by atoms with van der Waals surface area (Å²) in [6, 6.07) is 0. The number of hydrogen-bond acceptors (Lipinski definition) is 2. The van der Waals surface area contributed by atoms with Gasteiger partial charge >= 0.3 is 0 Å². The molecule has 2 heteroatoms. The molecule has 0 saturated carbocycles. The molecule has 18 heavy (non-hydrogen) atoms. The standard InChI is InChI=1S/C16H33NS/c1-16(2,3)10-8-6-4-5-7-9-11-17-12-14-18-15-13-17/h4-15H2,1-3H3. The van der Waals surface area contributed by atoms with Gasteiger partial charge in [0.25, 0.3) is 0 Å². The summed E-state index contributed by atoms with van der Waals surface area (Å²) in [7, 11) is 0. The average molecular weight is 272 g/mol. The lowest BCUT2D eigenvalue weighted by Crippen LogP contribution is -2.33. The summed E-state index contributed by atoms with van der Waals surface area (Å²) in [6.45, 7) is 11.1. The average Bonchev–Trinajstić information content (AvgIpc) is 2.32. The van der Waals surface area contributed by atoms with Crippen molar-refractivity contribution in [2.24, 2.45) is 5.41 Å². The van der Waals surface area contributed by atoms with E-state index < -0.39 is 0 Å². The van der Waals surface area contributed by atoms with Gasteiger partial charge in [-0.15, -0.1) is 0 Å². The Balaban J connectivity index is 1.81. The van der Waals surface area contributed by atoms with Gasteiger partial charge in [0.2, 0.25) is 0 Å². The van der Waals surface area contributed by atoms with Crippen molar-refractivity contribution in [3.63, 3.8) is 0 Å². The number of nitrogens with zero attached hydrogens (tertiary/aromatic N) is 1. The normalized spacial score (nSPS) is 18.2. The molecule has 0 radical (unpaired) electrons. The van der Waals surface area contributed by atoms with Crippen molar-refractivity contribution in [1.82, 2.24) is 4.90 Å². The van der Waals surface area contributed by atoms with Crippen molar-refractivity contribution in [3.05, 3.63) is 0 Å². The first-order valence-electron chi connectivity index (χ1n) is 7.88. The summed E-state index contributed by atoms with van der Waals surface area (Å²) in [5.41, 5.74) is 0.534. The summed E-state index contributed by atoms with van der Waals surface area (Å²) in [5.74, 6) is 2.71. The summed E-state index contributed by atoms with van der Waals surface area (Å²) >= 11 is 2.11. The third-order valence-electron chi connectivity index (χ3n) is 3.75. The minimum atomic E-state index is 0.534. The van der Waals surface area contributed by atoms with Crippen molar-refractivity contribution in [2.75, 3.05) is 31.1 Å². The first-order valence-corrected chi connectivity index (χ1v) is 9.03. The zero-order chi connectivity index (χ0) is 13.3. The zero-order valence-electron chi connectivity index (χ0n) is 12.8. The van der Waals surface area contributed by atoms with Crippen LogP contribution < -0.4 is 0 Å². The summed E-state index contributed by atoms with van der Waals surface area (Å²) in [6.07, 6.45) is 10.0. The topological polar surface area (TPSA) is 3.24 Å². The Hall–Kier alpha value is 0.310. The van der Waals surface area contributed by atoms with Crippen LogP contribution in [-0.2, 0) is 0 Å². The Morgan fingerprint density at radius 1 is 0.833 bits per heavy atom. The molecule has 1 fully saturated rings. The van der Waals surface area contributed by atoms with Crippen molar-refractivity contribution in [2.45, 2.75) is 65.7 Å².